The van der Waals surface area contributed by atoms with Gasteiger partial charge < -0.3 is 10.6 Å². The molecule has 0 amide bonds. The summed E-state index contributed by atoms with van der Waals surface area (Å²) in [6.07, 6.45) is 9.57. The Morgan fingerprint density at radius 1 is 1.22 bits per heavy atom. The molecular formula is C16H32N2. The van der Waals surface area contributed by atoms with Crippen LogP contribution in [-0.2, 0) is 0 Å². The highest BCUT2D eigenvalue weighted by Crippen LogP contribution is 2.36. The van der Waals surface area contributed by atoms with Crippen molar-refractivity contribution in [3.63, 3.8) is 0 Å². The Morgan fingerprint density at radius 2 is 2.06 bits per heavy atom. The summed E-state index contributed by atoms with van der Waals surface area (Å²) in [6, 6.07) is 0.490. The third-order valence-corrected chi connectivity index (χ3v) is 5.29. The highest BCUT2D eigenvalue weighted by atomic mass is 15.2. The number of likely N-dealkylation sites (tertiary alicyclic amines) is 1. The van der Waals surface area contributed by atoms with Gasteiger partial charge in [0, 0.05) is 25.7 Å². The minimum Gasteiger partial charge on any atom is -0.327 e. The van der Waals surface area contributed by atoms with Crippen LogP contribution in [-0.4, -0.2) is 30.6 Å². The average molecular weight is 252 g/mol. The molecule has 2 nitrogen and oxygen atoms in total. The maximum absolute atomic E-state index is 6.30. The molecule has 0 aromatic carbocycles. The summed E-state index contributed by atoms with van der Waals surface area (Å²) >= 11 is 0. The lowest BCUT2D eigenvalue weighted by atomic mass is 9.78. The summed E-state index contributed by atoms with van der Waals surface area (Å²) in [6.45, 7) is 8.61. The number of nitrogens with zero attached hydrogens (tertiary/aromatic N) is 1. The van der Waals surface area contributed by atoms with Crippen molar-refractivity contribution in [1.82, 2.24) is 4.90 Å². The van der Waals surface area contributed by atoms with Crippen LogP contribution >= 0.6 is 0 Å². The lowest BCUT2D eigenvalue weighted by Crippen LogP contribution is -2.38. The second-order valence-electron chi connectivity index (χ2n) is 6.65. The monoisotopic (exact) mass is 252 g/mol. The summed E-state index contributed by atoms with van der Waals surface area (Å²) in [5, 5.41) is 0. The fourth-order valence-corrected chi connectivity index (χ4v) is 4.04. The summed E-state index contributed by atoms with van der Waals surface area (Å²) in [5.74, 6) is 2.64. The smallest absolute Gasteiger partial charge is 0.00825 e. The molecule has 0 spiro atoms. The molecule has 1 saturated carbocycles. The molecule has 2 fully saturated rings. The molecule has 4 unspecified atom stereocenters. The van der Waals surface area contributed by atoms with Crippen LogP contribution in [0, 0.1) is 17.8 Å². The van der Waals surface area contributed by atoms with Crippen LogP contribution in [0.2, 0.25) is 0 Å². The van der Waals surface area contributed by atoms with E-state index < -0.39 is 0 Å². The van der Waals surface area contributed by atoms with Crippen molar-refractivity contribution in [2.45, 2.75) is 64.8 Å². The molecule has 2 N–H and O–H groups in total. The molecule has 106 valence electrons. The summed E-state index contributed by atoms with van der Waals surface area (Å²) in [5.41, 5.74) is 6.30. The number of unbranched alkanes of at least 4 members (excludes halogenated alkanes) is 1. The summed E-state index contributed by atoms with van der Waals surface area (Å²) in [7, 11) is 0. The van der Waals surface area contributed by atoms with Crippen LogP contribution in [0.1, 0.15) is 58.8 Å². The third-order valence-electron chi connectivity index (χ3n) is 5.29. The van der Waals surface area contributed by atoms with Crippen LogP contribution in [0.25, 0.3) is 0 Å². The van der Waals surface area contributed by atoms with Crippen molar-refractivity contribution in [2.24, 2.45) is 23.5 Å². The van der Waals surface area contributed by atoms with E-state index >= 15 is 0 Å². The number of hydrogen-bond acceptors (Lipinski definition) is 2. The van der Waals surface area contributed by atoms with E-state index in [9.17, 15) is 0 Å². The first-order chi connectivity index (χ1) is 8.74. The molecule has 0 bridgehead atoms. The van der Waals surface area contributed by atoms with Gasteiger partial charge in [-0.25, -0.2) is 0 Å². The van der Waals surface area contributed by atoms with E-state index in [1.807, 2.05) is 0 Å². The van der Waals surface area contributed by atoms with E-state index in [-0.39, 0.29) is 0 Å². The SMILES string of the molecule is CCCCC(CC)CN1CC2CCCC(N)C2C1. The first kappa shape index (κ1) is 14.3. The zero-order valence-electron chi connectivity index (χ0n) is 12.4. The standard InChI is InChI=1S/C16H32N2/c1-3-5-7-13(4-2)10-18-11-14-8-6-9-16(17)15(14)12-18/h13-16H,3-12,17H2,1-2H3. The Balaban J connectivity index is 1.80. The highest BCUT2D eigenvalue weighted by Gasteiger charge is 2.38. The fourth-order valence-electron chi connectivity index (χ4n) is 4.04. The van der Waals surface area contributed by atoms with Crippen LogP contribution in [0.15, 0.2) is 0 Å². The topological polar surface area (TPSA) is 29.3 Å². The maximum atomic E-state index is 6.30. The first-order valence-corrected chi connectivity index (χ1v) is 8.22. The Kier molecular flexibility index (Phi) is 5.50. The second kappa shape index (κ2) is 6.91. The summed E-state index contributed by atoms with van der Waals surface area (Å²) in [4.78, 5) is 2.73. The van der Waals surface area contributed by atoms with Gasteiger partial charge in [-0.2, -0.15) is 0 Å². The predicted octanol–water partition coefficient (Wildman–Crippen LogP) is 3.26. The minimum atomic E-state index is 0.490. The average Bonchev–Trinajstić information content (AvgIpc) is 2.78. The molecule has 2 heteroatoms. The van der Waals surface area contributed by atoms with E-state index in [2.05, 4.69) is 18.7 Å². The molecule has 1 aliphatic carbocycles. The Labute approximate surface area is 113 Å². The van der Waals surface area contributed by atoms with Gasteiger partial charge in [-0.05, 0) is 37.0 Å². The van der Waals surface area contributed by atoms with Gasteiger partial charge in [-0.3, -0.25) is 0 Å². The molecular weight excluding hydrogens is 220 g/mol. The van der Waals surface area contributed by atoms with Crippen molar-refractivity contribution in [3.05, 3.63) is 0 Å². The number of fused-ring (bicyclic) bond motifs is 1. The first-order valence-electron chi connectivity index (χ1n) is 8.22. The lowest BCUT2D eigenvalue weighted by molar-refractivity contribution is 0.246. The van der Waals surface area contributed by atoms with E-state index in [0.717, 1.165) is 17.8 Å². The molecule has 1 aliphatic heterocycles. The fraction of sp³-hybridized carbons (Fsp3) is 1.00. The van der Waals surface area contributed by atoms with Gasteiger partial charge in [0.05, 0.1) is 0 Å². The molecule has 1 saturated heterocycles. The van der Waals surface area contributed by atoms with Gasteiger partial charge in [0.25, 0.3) is 0 Å². The quantitative estimate of drug-likeness (QED) is 0.786. The van der Waals surface area contributed by atoms with E-state index in [4.69, 9.17) is 5.73 Å². The van der Waals surface area contributed by atoms with Crippen molar-refractivity contribution < 1.29 is 0 Å². The van der Waals surface area contributed by atoms with Gasteiger partial charge in [0.15, 0.2) is 0 Å². The largest absolute Gasteiger partial charge is 0.327 e. The Hall–Kier alpha value is -0.0800. The highest BCUT2D eigenvalue weighted by molar-refractivity contribution is 4.93. The zero-order chi connectivity index (χ0) is 13.0. The van der Waals surface area contributed by atoms with Gasteiger partial charge in [0.1, 0.15) is 0 Å². The number of nitrogens with two attached hydrogens (primary N) is 1. The van der Waals surface area contributed by atoms with Crippen molar-refractivity contribution >= 4 is 0 Å². The van der Waals surface area contributed by atoms with Gasteiger partial charge in [-0.1, -0.05) is 39.5 Å². The second-order valence-corrected chi connectivity index (χ2v) is 6.65. The Morgan fingerprint density at radius 3 is 2.72 bits per heavy atom. The van der Waals surface area contributed by atoms with Crippen molar-refractivity contribution in [2.75, 3.05) is 19.6 Å². The normalized spacial score (nSPS) is 34.5. The zero-order valence-corrected chi connectivity index (χ0v) is 12.4. The number of hydrogen-bond donors (Lipinski definition) is 1. The predicted molar refractivity (Wildman–Crippen MR) is 78.6 cm³/mol. The van der Waals surface area contributed by atoms with Crippen LogP contribution < -0.4 is 5.73 Å². The molecule has 0 aromatic heterocycles. The summed E-state index contributed by atoms with van der Waals surface area (Å²) < 4.78 is 0. The van der Waals surface area contributed by atoms with Crippen LogP contribution in [0.3, 0.4) is 0 Å². The van der Waals surface area contributed by atoms with Gasteiger partial charge >= 0.3 is 0 Å². The molecule has 4 atom stereocenters. The van der Waals surface area contributed by atoms with E-state index in [1.54, 1.807) is 0 Å². The molecule has 0 radical (unpaired) electrons. The Bertz CT molecular complexity index is 241. The number of rotatable bonds is 6. The minimum absolute atomic E-state index is 0.490. The molecule has 0 aromatic rings. The van der Waals surface area contributed by atoms with Crippen molar-refractivity contribution in [3.8, 4) is 0 Å². The van der Waals surface area contributed by atoms with E-state index in [1.165, 1.54) is 64.6 Å². The van der Waals surface area contributed by atoms with E-state index in [0.29, 0.717) is 6.04 Å². The van der Waals surface area contributed by atoms with Gasteiger partial charge in [0.2, 0.25) is 0 Å². The van der Waals surface area contributed by atoms with Crippen molar-refractivity contribution in [1.29, 1.82) is 0 Å². The molecule has 18 heavy (non-hydrogen) atoms. The molecule has 1 heterocycles. The maximum Gasteiger partial charge on any atom is 0.00825 e. The van der Waals surface area contributed by atoms with Crippen LogP contribution in [0.5, 0.6) is 0 Å². The molecule has 2 aliphatic rings. The molecule has 2 rings (SSSR count). The lowest BCUT2D eigenvalue weighted by Gasteiger charge is -2.30. The van der Waals surface area contributed by atoms with Crippen LogP contribution in [0.4, 0.5) is 0 Å². The third kappa shape index (κ3) is 3.48. The van der Waals surface area contributed by atoms with Gasteiger partial charge in [-0.15, -0.1) is 0 Å².